The molecule has 0 bridgehead atoms. The Kier molecular flexibility index (Phi) is 6.35. The van der Waals surface area contributed by atoms with E-state index in [1.54, 1.807) is 29.2 Å². The molecule has 1 unspecified atom stereocenters. The lowest BCUT2D eigenvalue weighted by Crippen LogP contribution is -2.40. The van der Waals surface area contributed by atoms with Gasteiger partial charge in [-0.05, 0) is 63.4 Å². The monoisotopic (exact) mass is 433 g/mol. The fourth-order valence-electron chi connectivity index (χ4n) is 4.87. The van der Waals surface area contributed by atoms with Crippen LogP contribution in [-0.4, -0.2) is 33.8 Å². The van der Waals surface area contributed by atoms with E-state index in [-0.39, 0.29) is 23.5 Å². The second-order valence-electron chi connectivity index (χ2n) is 9.10. The van der Waals surface area contributed by atoms with Gasteiger partial charge in [-0.15, -0.1) is 0 Å². The maximum Gasteiger partial charge on any atom is 0.295 e. The van der Waals surface area contributed by atoms with E-state index in [2.05, 4.69) is 0 Å². The maximum absolute atomic E-state index is 13.2. The van der Waals surface area contributed by atoms with Crippen molar-refractivity contribution >= 4 is 17.4 Å². The highest BCUT2D eigenvalue weighted by Gasteiger charge is 2.48. The molecule has 0 spiro atoms. The van der Waals surface area contributed by atoms with Crippen LogP contribution in [0.2, 0.25) is 0 Å². The number of likely N-dealkylation sites (tertiary alicyclic amines) is 1. The molecule has 2 fully saturated rings. The topological polar surface area (TPSA) is 66.8 Å². The van der Waals surface area contributed by atoms with Gasteiger partial charge in [-0.25, -0.2) is 0 Å². The van der Waals surface area contributed by atoms with Crippen molar-refractivity contribution in [1.82, 2.24) is 4.90 Å². The van der Waals surface area contributed by atoms with Gasteiger partial charge in [0.2, 0.25) is 0 Å². The molecule has 1 saturated heterocycles. The quantitative estimate of drug-likeness (QED) is 0.382. The van der Waals surface area contributed by atoms with Gasteiger partial charge in [0, 0.05) is 11.6 Å². The van der Waals surface area contributed by atoms with Crippen molar-refractivity contribution in [2.45, 2.75) is 71.1 Å². The highest BCUT2D eigenvalue weighted by Crippen LogP contribution is 2.43. The van der Waals surface area contributed by atoms with Crippen molar-refractivity contribution in [2.75, 3.05) is 0 Å². The standard InChI is InChI=1S/C27H31NO4/c1-17(2)32-22-14-12-19(13-15-22)25(29)23-24(20-9-7-8-18(3)16-20)28(27(31)26(23)30)21-10-5-4-6-11-21/h7-9,12-17,21,24,29H,4-6,10-11H2,1-3H3/b25-23-. The van der Waals surface area contributed by atoms with E-state index in [0.29, 0.717) is 11.3 Å². The summed E-state index contributed by atoms with van der Waals surface area (Å²) in [6.45, 7) is 5.88. The average molecular weight is 434 g/mol. The number of aliphatic hydroxyl groups is 1. The molecule has 1 aliphatic carbocycles. The zero-order valence-electron chi connectivity index (χ0n) is 19.0. The fourth-order valence-corrected chi connectivity index (χ4v) is 4.87. The molecule has 1 atom stereocenters. The largest absolute Gasteiger partial charge is 0.507 e. The first-order valence-electron chi connectivity index (χ1n) is 11.5. The van der Waals surface area contributed by atoms with Crippen molar-refractivity contribution in [3.05, 3.63) is 70.8 Å². The van der Waals surface area contributed by atoms with Crippen LogP contribution in [0.15, 0.2) is 54.1 Å². The molecule has 5 heteroatoms. The highest BCUT2D eigenvalue weighted by molar-refractivity contribution is 6.46. The first-order chi connectivity index (χ1) is 15.4. The normalized spacial score (nSPS) is 21.4. The van der Waals surface area contributed by atoms with E-state index in [1.165, 1.54) is 0 Å². The molecule has 2 aromatic carbocycles. The van der Waals surface area contributed by atoms with Crippen LogP contribution in [0, 0.1) is 6.92 Å². The summed E-state index contributed by atoms with van der Waals surface area (Å²) in [7, 11) is 0. The second-order valence-corrected chi connectivity index (χ2v) is 9.10. The van der Waals surface area contributed by atoms with Crippen LogP contribution in [0.3, 0.4) is 0 Å². The Bertz CT molecular complexity index is 1030. The number of Topliss-reactive ketones (excluding diaryl/α,β-unsaturated/α-hetero) is 1. The summed E-state index contributed by atoms with van der Waals surface area (Å²) < 4.78 is 5.69. The zero-order chi connectivity index (χ0) is 22.8. The lowest BCUT2D eigenvalue weighted by molar-refractivity contribution is -0.141. The van der Waals surface area contributed by atoms with E-state index < -0.39 is 17.7 Å². The number of aryl methyl sites for hydroxylation is 1. The summed E-state index contributed by atoms with van der Waals surface area (Å²) in [4.78, 5) is 28.2. The Hall–Kier alpha value is -3.08. The highest BCUT2D eigenvalue weighted by atomic mass is 16.5. The van der Waals surface area contributed by atoms with Gasteiger partial charge in [-0.1, -0.05) is 49.1 Å². The van der Waals surface area contributed by atoms with Crippen LogP contribution >= 0.6 is 0 Å². The number of hydrogen-bond donors (Lipinski definition) is 1. The van der Waals surface area contributed by atoms with Crippen molar-refractivity contribution < 1.29 is 19.4 Å². The first-order valence-corrected chi connectivity index (χ1v) is 11.5. The molecular formula is C27H31NO4. The number of rotatable bonds is 5. The van der Waals surface area contributed by atoms with Crippen molar-refractivity contribution in [3.63, 3.8) is 0 Å². The predicted octanol–water partition coefficient (Wildman–Crippen LogP) is 5.54. The average Bonchev–Trinajstić information content (AvgIpc) is 3.05. The molecule has 168 valence electrons. The van der Waals surface area contributed by atoms with Crippen LogP contribution in [0.25, 0.3) is 5.76 Å². The molecule has 1 N–H and O–H groups in total. The Morgan fingerprint density at radius 2 is 1.72 bits per heavy atom. The summed E-state index contributed by atoms with van der Waals surface area (Å²) in [5, 5.41) is 11.2. The third-order valence-electron chi connectivity index (χ3n) is 6.31. The van der Waals surface area contributed by atoms with E-state index >= 15 is 0 Å². The summed E-state index contributed by atoms with van der Waals surface area (Å²) in [6.07, 6.45) is 5.06. The minimum Gasteiger partial charge on any atom is -0.507 e. The lowest BCUT2D eigenvalue weighted by atomic mass is 9.90. The molecule has 1 heterocycles. The number of ether oxygens (including phenoxy) is 1. The molecule has 32 heavy (non-hydrogen) atoms. The maximum atomic E-state index is 13.2. The molecule has 0 aromatic heterocycles. The molecule has 5 nitrogen and oxygen atoms in total. The Morgan fingerprint density at radius 1 is 1.03 bits per heavy atom. The van der Waals surface area contributed by atoms with Gasteiger partial charge < -0.3 is 14.7 Å². The molecule has 0 radical (unpaired) electrons. The fraction of sp³-hybridized carbons (Fsp3) is 0.407. The van der Waals surface area contributed by atoms with Crippen LogP contribution in [0.4, 0.5) is 0 Å². The van der Waals surface area contributed by atoms with Crippen LogP contribution in [0.5, 0.6) is 5.75 Å². The molecule has 2 aromatic rings. The van der Waals surface area contributed by atoms with Gasteiger partial charge in [-0.2, -0.15) is 0 Å². The van der Waals surface area contributed by atoms with Crippen LogP contribution in [-0.2, 0) is 9.59 Å². The van der Waals surface area contributed by atoms with Crippen molar-refractivity contribution in [3.8, 4) is 5.75 Å². The number of benzene rings is 2. The number of carbonyl (C=O) groups excluding carboxylic acids is 2. The first kappa shape index (κ1) is 22.1. The minimum atomic E-state index is -0.609. The SMILES string of the molecule is Cc1cccc(C2/C(=C(/O)c3ccc(OC(C)C)cc3)C(=O)C(=O)N2C2CCCCC2)c1. The summed E-state index contributed by atoms with van der Waals surface area (Å²) in [5.74, 6) is -0.564. The number of amides is 1. The summed E-state index contributed by atoms with van der Waals surface area (Å²) in [5.41, 5.74) is 2.58. The molecule has 1 amide bonds. The van der Waals surface area contributed by atoms with E-state index in [9.17, 15) is 14.7 Å². The van der Waals surface area contributed by atoms with Gasteiger partial charge in [-0.3, -0.25) is 9.59 Å². The van der Waals surface area contributed by atoms with Gasteiger partial charge in [0.15, 0.2) is 0 Å². The molecule has 1 aliphatic heterocycles. The van der Waals surface area contributed by atoms with Crippen molar-refractivity contribution in [2.24, 2.45) is 0 Å². The number of carbonyl (C=O) groups is 2. The molecule has 1 saturated carbocycles. The smallest absolute Gasteiger partial charge is 0.295 e. The zero-order valence-corrected chi connectivity index (χ0v) is 19.0. The minimum absolute atomic E-state index is 0.0119. The van der Waals surface area contributed by atoms with E-state index in [1.807, 2.05) is 45.0 Å². The molecular weight excluding hydrogens is 402 g/mol. The predicted molar refractivity (Wildman–Crippen MR) is 124 cm³/mol. The second kappa shape index (κ2) is 9.19. The van der Waals surface area contributed by atoms with E-state index in [4.69, 9.17) is 4.74 Å². The van der Waals surface area contributed by atoms with Crippen LogP contribution in [0.1, 0.15) is 68.7 Å². The Labute approximate surface area is 189 Å². The third-order valence-corrected chi connectivity index (χ3v) is 6.31. The number of aliphatic hydroxyl groups excluding tert-OH is 1. The van der Waals surface area contributed by atoms with Gasteiger partial charge in [0.1, 0.15) is 11.5 Å². The molecule has 4 rings (SSSR count). The van der Waals surface area contributed by atoms with Crippen molar-refractivity contribution in [1.29, 1.82) is 0 Å². The molecule has 2 aliphatic rings. The Morgan fingerprint density at radius 3 is 2.34 bits per heavy atom. The summed E-state index contributed by atoms with van der Waals surface area (Å²) >= 11 is 0. The number of nitrogens with zero attached hydrogens (tertiary/aromatic N) is 1. The Balaban J connectivity index is 1.80. The van der Waals surface area contributed by atoms with Gasteiger partial charge in [0.25, 0.3) is 11.7 Å². The van der Waals surface area contributed by atoms with Crippen LogP contribution < -0.4 is 4.74 Å². The van der Waals surface area contributed by atoms with Gasteiger partial charge in [0.05, 0.1) is 17.7 Å². The number of hydrogen-bond acceptors (Lipinski definition) is 4. The third kappa shape index (κ3) is 4.29. The van der Waals surface area contributed by atoms with Gasteiger partial charge >= 0.3 is 0 Å². The lowest BCUT2D eigenvalue weighted by Gasteiger charge is -2.35. The van der Waals surface area contributed by atoms with E-state index in [0.717, 1.165) is 43.2 Å². The summed E-state index contributed by atoms with van der Waals surface area (Å²) in [6, 6.07) is 14.3. The number of ketones is 1.